The molecule has 2 aliphatic rings. The van der Waals surface area contributed by atoms with Crippen molar-refractivity contribution in [2.45, 2.75) is 92.9 Å². The van der Waals surface area contributed by atoms with Gasteiger partial charge in [0.1, 0.15) is 4.91 Å². The van der Waals surface area contributed by atoms with Gasteiger partial charge in [0, 0.05) is 0 Å². The minimum Gasteiger partial charge on any atom is -0.465 e. The van der Waals surface area contributed by atoms with Crippen LogP contribution in [0.1, 0.15) is 92.9 Å². The van der Waals surface area contributed by atoms with E-state index in [0.717, 1.165) is 23.7 Å². The molecular weight excluding hydrogens is 561 g/mol. The van der Waals surface area contributed by atoms with E-state index >= 15 is 0 Å². The Labute approximate surface area is 247 Å². The molecule has 2 unspecified atom stereocenters. The third-order valence-corrected chi connectivity index (χ3v) is 14.7. The van der Waals surface area contributed by atoms with Crippen LogP contribution in [0.15, 0.2) is 27.3 Å². The highest BCUT2D eigenvalue weighted by atomic mass is 32.3. The molecule has 0 aliphatic carbocycles. The molecule has 0 aromatic rings. The molecule has 206 valence electrons. The molecule has 2 aliphatic heterocycles. The highest BCUT2D eigenvalue weighted by Crippen LogP contribution is 2.62. The fraction of sp³-hybridized carbons (Fsp3) is 0.750. The van der Waals surface area contributed by atoms with Gasteiger partial charge in [-0.25, -0.2) is 4.79 Å². The van der Waals surface area contributed by atoms with Crippen molar-refractivity contribution in [2.75, 3.05) is 18.6 Å². The summed E-state index contributed by atoms with van der Waals surface area (Å²) in [6.45, 7) is 14.1. The molecule has 2 atom stereocenters. The summed E-state index contributed by atoms with van der Waals surface area (Å²) in [7, 11) is 1.46. The lowest BCUT2D eigenvalue weighted by molar-refractivity contribution is -0.135. The molecule has 0 N–H and O–H groups in total. The SMILES string of the molecule is COC(=O)C1=CSC(=C2SC(SCCC(C)CCCC(C)C)=C(SCCC(C)CCCC(C)C)S2)S1. The Balaban J connectivity index is 1.90. The predicted molar refractivity (Wildman–Crippen MR) is 174 cm³/mol. The van der Waals surface area contributed by atoms with Crippen LogP contribution in [0.2, 0.25) is 0 Å². The van der Waals surface area contributed by atoms with Crippen LogP contribution in [0.5, 0.6) is 0 Å². The highest BCUT2D eigenvalue weighted by molar-refractivity contribution is 8.42. The smallest absolute Gasteiger partial charge is 0.345 e. The van der Waals surface area contributed by atoms with E-state index in [4.69, 9.17) is 4.74 Å². The van der Waals surface area contributed by atoms with E-state index < -0.39 is 0 Å². The van der Waals surface area contributed by atoms with Crippen molar-refractivity contribution < 1.29 is 9.53 Å². The van der Waals surface area contributed by atoms with Gasteiger partial charge < -0.3 is 4.74 Å². The fourth-order valence-electron chi connectivity index (χ4n) is 3.81. The maximum absolute atomic E-state index is 12.0. The van der Waals surface area contributed by atoms with E-state index in [1.165, 1.54) is 86.9 Å². The minimum atomic E-state index is -0.230. The third-order valence-electron chi connectivity index (χ3n) is 6.21. The topological polar surface area (TPSA) is 26.3 Å². The van der Waals surface area contributed by atoms with Crippen molar-refractivity contribution in [1.82, 2.24) is 0 Å². The zero-order valence-electron chi connectivity index (χ0n) is 23.2. The van der Waals surface area contributed by atoms with Gasteiger partial charge in [0.05, 0.1) is 24.1 Å². The number of carbonyl (C=O) groups is 1. The Morgan fingerprint density at radius 2 is 1.25 bits per heavy atom. The summed E-state index contributed by atoms with van der Waals surface area (Å²) in [6.07, 6.45) is 10.7. The van der Waals surface area contributed by atoms with Gasteiger partial charge in [0.15, 0.2) is 0 Å². The van der Waals surface area contributed by atoms with E-state index in [1.54, 1.807) is 23.5 Å². The van der Waals surface area contributed by atoms with Gasteiger partial charge in [0.25, 0.3) is 0 Å². The fourth-order valence-corrected chi connectivity index (χ4v) is 12.6. The standard InChI is InChI=1S/C28H46O2S6/c1-19(2)10-8-12-21(5)14-16-31-25-26(32-17-15-22(6)13-9-11-20(3)4)36-28(35-25)27-33-18-23(34-27)24(29)30-7/h18-22H,8-17H2,1-7H3. The van der Waals surface area contributed by atoms with Gasteiger partial charge >= 0.3 is 5.97 Å². The largest absolute Gasteiger partial charge is 0.465 e. The highest BCUT2D eigenvalue weighted by Gasteiger charge is 2.29. The Kier molecular flexibility index (Phi) is 16.7. The first-order valence-electron chi connectivity index (χ1n) is 13.4. The van der Waals surface area contributed by atoms with Crippen molar-refractivity contribution >= 4 is 76.5 Å². The Hall–Kier alpha value is 0.790. The molecule has 0 radical (unpaired) electrons. The number of rotatable bonds is 17. The second-order valence-electron chi connectivity index (χ2n) is 10.7. The maximum atomic E-state index is 12.0. The van der Waals surface area contributed by atoms with Gasteiger partial charge in [-0.05, 0) is 53.4 Å². The van der Waals surface area contributed by atoms with Crippen LogP contribution in [-0.2, 0) is 9.53 Å². The average molecular weight is 607 g/mol. The van der Waals surface area contributed by atoms with Gasteiger partial charge in [-0.15, -0.1) is 23.5 Å². The molecule has 36 heavy (non-hydrogen) atoms. The molecule has 0 spiro atoms. The summed E-state index contributed by atoms with van der Waals surface area (Å²) < 4.78 is 10.4. The molecule has 0 aromatic carbocycles. The number of carbonyl (C=O) groups excluding carboxylic acids is 1. The van der Waals surface area contributed by atoms with Crippen LogP contribution < -0.4 is 0 Å². The Morgan fingerprint density at radius 3 is 1.69 bits per heavy atom. The Bertz CT molecular complexity index is 747. The van der Waals surface area contributed by atoms with Crippen molar-refractivity contribution in [2.24, 2.45) is 23.7 Å². The molecule has 2 heterocycles. The minimum absolute atomic E-state index is 0.230. The molecule has 2 nitrogen and oxygen atoms in total. The quantitative estimate of drug-likeness (QED) is 0.151. The molecule has 0 fully saturated rings. The average Bonchev–Trinajstić information content (AvgIpc) is 3.46. The second-order valence-corrected chi connectivity index (χ2v) is 17.9. The van der Waals surface area contributed by atoms with Crippen LogP contribution in [0, 0.1) is 23.7 Å². The second kappa shape index (κ2) is 18.2. The van der Waals surface area contributed by atoms with Gasteiger partial charge in [-0.2, -0.15) is 0 Å². The van der Waals surface area contributed by atoms with E-state index in [9.17, 15) is 4.79 Å². The van der Waals surface area contributed by atoms with Gasteiger partial charge in [-0.1, -0.05) is 127 Å². The lowest BCUT2D eigenvalue weighted by Crippen LogP contribution is -1.99. The number of thioether (sulfide) groups is 6. The molecule has 2 rings (SSSR count). The lowest BCUT2D eigenvalue weighted by atomic mass is 9.98. The predicted octanol–water partition coefficient (Wildman–Crippen LogP) is 11.4. The molecule has 0 amide bonds. The third kappa shape index (κ3) is 12.8. The van der Waals surface area contributed by atoms with Crippen LogP contribution in [0.4, 0.5) is 0 Å². The van der Waals surface area contributed by atoms with Crippen molar-refractivity contribution in [1.29, 1.82) is 0 Å². The van der Waals surface area contributed by atoms with E-state index in [0.29, 0.717) is 4.91 Å². The first-order valence-corrected chi connectivity index (χ1v) is 18.7. The number of hydrogen-bond donors (Lipinski definition) is 0. The number of methoxy groups -OCH3 is 1. The molecule has 0 aromatic heterocycles. The van der Waals surface area contributed by atoms with Crippen molar-refractivity contribution in [3.05, 3.63) is 27.3 Å². The molecule has 0 saturated heterocycles. The van der Waals surface area contributed by atoms with E-state index in [1.807, 2.05) is 52.5 Å². The molecule has 0 bridgehead atoms. The Morgan fingerprint density at radius 1 is 0.750 bits per heavy atom. The lowest BCUT2D eigenvalue weighted by Gasteiger charge is -2.13. The monoisotopic (exact) mass is 606 g/mol. The molecule has 8 heteroatoms. The summed E-state index contributed by atoms with van der Waals surface area (Å²) in [4.78, 5) is 12.7. The maximum Gasteiger partial charge on any atom is 0.345 e. The summed E-state index contributed by atoms with van der Waals surface area (Å²) in [6, 6.07) is 0. The molecular formula is C28H46O2S6. The number of hydrogen-bond acceptors (Lipinski definition) is 8. The first-order chi connectivity index (χ1) is 17.2. The normalized spacial score (nSPS) is 18.0. The molecule has 0 saturated carbocycles. The zero-order valence-corrected chi connectivity index (χ0v) is 28.1. The van der Waals surface area contributed by atoms with Crippen molar-refractivity contribution in [3.63, 3.8) is 0 Å². The van der Waals surface area contributed by atoms with Crippen LogP contribution in [0.25, 0.3) is 0 Å². The van der Waals surface area contributed by atoms with Crippen LogP contribution in [0.3, 0.4) is 0 Å². The number of ether oxygens (including phenoxy) is 1. The van der Waals surface area contributed by atoms with E-state index in [2.05, 4.69) is 41.5 Å². The van der Waals surface area contributed by atoms with Crippen LogP contribution >= 0.6 is 70.6 Å². The van der Waals surface area contributed by atoms with Crippen molar-refractivity contribution in [3.8, 4) is 0 Å². The summed E-state index contributed by atoms with van der Waals surface area (Å²) >= 11 is 11.2. The van der Waals surface area contributed by atoms with Crippen LogP contribution in [-0.4, -0.2) is 24.6 Å². The summed E-state index contributed by atoms with van der Waals surface area (Å²) in [5, 5.41) is 1.94. The zero-order chi connectivity index (χ0) is 26.5. The number of esters is 1. The summed E-state index contributed by atoms with van der Waals surface area (Å²) in [5.41, 5.74) is 0. The van der Waals surface area contributed by atoms with Gasteiger partial charge in [0.2, 0.25) is 0 Å². The van der Waals surface area contributed by atoms with E-state index in [-0.39, 0.29) is 5.97 Å². The summed E-state index contributed by atoms with van der Waals surface area (Å²) in [5.74, 6) is 5.37. The van der Waals surface area contributed by atoms with Gasteiger partial charge in [-0.3, -0.25) is 0 Å². The first kappa shape index (κ1) is 33.0.